The Hall–Kier alpha value is -0.870. The highest BCUT2D eigenvalue weighted by atomic mass is 15.3. The molecule has 1 N–H and O–H groups in total. The molecule has 0 saturated carbocycles. The molecule has 0 amide bonds. The second-order valence-electron chi connectivity index (χ2n) is 6.22. The van der Waals surface area contributed by atoms with E-state index in [9.17, 15) is 0 Å². The maximum absolute atomic E-state index is 4.55. The Bertz CT molecular complexity index is 418. The fourth-order valence-electron chi connectivity index (χ4n) is 3.27. The maximum Gasteiger partial charge on any atom is 0.0641 e. The normalized spacial score (nSPS) is 19.8. The van der Waals surface area contributed by atoms with E-state index in [1.54, 1.807) is 0 Å². The van der Waals surface area contributed by atoms with Gasteiger partial charge in [-0.2, -0.15) is 5.10 Å². The first-order valence-corrected chi connectivity index (χ1v) is 8.04. The predicted molar refractivity (Wildman–Crippen MR) is 83.8 cm³/mol. The van der Waals surface area contributed by atoms with Gasteiger partial charge in [-0.15, -0.1) is 0 Å². The van der Waals surface area contributed by atoms with Crippen molar-refractivity contribution in [3.63, 3.8) is 0 Å². The molecule has 1 aliphatic rings. The third kappa shape index (κ3) is 3.83. The van der Waals surface area contributed by atoms with E-state index in [1.807, 2.05) is 11.7 Å². The molecule has 4 heteroatoms. The average Bonchev–Trinajstić information content (AvgIpc) is 2.67. The zero-order valence-electron chi connectivity index (χ0n) is 13.6. The van der Waals surface area contributed by atoms with Crippen LogP contribution in [0.3, 0.4) is 0 Å². The summed E-state index contributed by atoms with van der Waals surface area (Å²) in [7, 11) is 2.04. The number of nitrogens with one attached hydrogen (secondary N) is 1. The van der Waals surface area contributed by atoms with Gasteiger partial charge in [0.05, 0.1) is 5.69 Å². The lowest BCUT2D eigenvalue weighted by atomic mass is 9.98. The zero-order valence-corrected chi connectivity index (χ0v) is 13.6. The standard InChI is InChI=1S/C16H30N4/c1-5-9-20(11-15-7-6-8-17-10-15)12-16-13(2)18-19(4)14(16)3/h15,17H,5-12H2,1-4H3. The van der Waals surface area contributed by atoms with Crippen LogP contribution in [0.15, 0.2) is 0 Å². The molecule has 1 atom stereocenters. The minimum atomic E-state index is 0.813. The topological polar surface area (TPSA) is 33.1 Å². The number of hydrogen-bond acceptors (Lipinski definition) is 3. The lowest BCUT2D eigenvalue weighted by Gasteiger charge is -2.30. The maximum atomic E-state index is 4.55. The van der Waals surface area contributed by atoms with Gasteiger partial charge in [0.1, 0.15) is 0 Å². The highest BCUT2D eigenvalue weighted by molar-refractivity contribution is 5.24. The van der Waals surface area contributed by atoms with Crippen molar-refractivity contribution in [2.75, 3.05) is 26.2 Å². The molecule has 0 spiro atoms. The van der Waals surface area contributed by atoms with E-state index in [4.69, 9.17) is 0 Å². The van der Waals surface area contributed by atoms with E-state index in [0.717, 1.165) is 12.5 Å². The SMILES string of the molecule is CCCN(Cc1c(C)nn(C)c1C)CC1CCCNC1. The molecule has 2 rings (SSSR count). The lowest BCUT2D eigenvalue weighted by molar-refractivity contribution is 0.200. The molecule has 114 valence electrons. The van der Waals surface area contributed by atoms with Crippen molar-refractivity contribution in [3.8, 4) is 0 Å². The van der Waals surface area contributed by atoms with Crippen molar-refractivity contribution < 1.29 is 0 Å². The van der Waals surface area contributed by atoms with Crippen molar-refractivity contribution >= 4 is 0 Å². The molecule has 1 unspecified atom stereocenters. The van der Waals surface area contributed by atoms with Crippen molar-refractivity contribution in [2.45, 2.75) is 46.6 Å². The molecular formula is C16H30N4. The molecular weight excluding hydrogens is 248 g/mol. The molecule has 0 bridgehead atoms. The van der Waals surface area contributed by atoms with Crippen molar-refractivity contribution in [1.29, 1.82) is 0 Å². The molecule has 1 aromatic heterocycles. The molecule has 0 radical (unpaired) electrons. The summed E-state index contributed by atoms with van der Waals surface area (Å²) in [6.45, 7) is 12.4. The van der Waals surface area contributed by atoms with Gasteiger partial charge in [0.25, 0.3) is 0 Å². The first kappa shape index (κ1) is 15.5. The molecule has 1 fully saturated rings. The molecule has 20 heavy (non-hydrogen) atoms. The Labute approximate surface area is 123 Å². The Morgan fingerprint density at radius 1 is 1.40 bits per heavy atom. The number of hydrogen-bond donors (Lipinski definition) is 1. The van der Waals surface area contributed by atoms with Gasteiger partial charge in [-0.25, -0.2) is 0 Å². The molecule has 0 aliphatic carbocycles. The number of aryl methyl sites for hydroxylation is 2. The Morgan fingerprint density at radius 3 is 2.75 bits per heavy atom. The van der Waals surface area contributed by atoms with Crippen LogP contribution in [0.1, 0.15) is 43.1 Å². The summed E-state index contributed by atoms with van der Waals surface area (Å²) < 4.78 is 2.01. The largest absolute Gasteiger partial charge is 0.316 e. The molecule has 1 aliphatic heterocycles. The molecule has 1 saturated heterocycles. The van der Waals surface area contributed by atoms with Crippen molar-refractivity contribution in [1.82, 2.24) is 20.0 Å². The smallest absolute Gasteiger partial charge is 0.0641 e. The van der Waals surface area contributed by atoms with Crippen LogP contribution in [0.2, 0.25) is 0 Å². The minimum Gasteiger partial charge on any atom is -0.316 e. The van der Waals surface area contributed by atoms with Crippen LogP contribution < -0.4 is 5.32 Å². The summed E-state index contributed by atoms with van der Waals surface area (Å²) in [5.74, 6) is 0.813. The van der Waals surface area contributed by atoms with Gasteiger partial charge in [-0.1, -0.05) is 6.92 Å². The van der Waals surface area contributed by atoms with Crippen LogP contribution in [0, 0.1) is 19.8 Å². The first-order chi connectivity index (χ1) is 9.61. The quantitative estimate of drug-likeness (QED) is 0.866. The summed E-state index contributed by atoms with van der Waals surface area (Å²) in [6.07, 6.45) is 3.92. The molecule has 0 aromatic carbocycles. The summed E-state index contributed by atoms with van der Waals surface area (Å²) in [5, 5.41) is 8.08. The highest BCUT2D eigenvalue weighted by Gasteiger charge is 2.19. The summed E-state index contributed by atoms with van der Waals surface area (Å²) in [5.41, 5.74) is 3.92. The minimum absolute atomic E-state index is 0.813. The van der Waals surface area contributed by atoms with E-state index < -0.39 is 0 Å². The molecule has 2 heterocycles. The van der Waals surface area contributed by atoms with E-state index in [0.29, 0.717) is 0 Å². The van der Waals surface area contributed by atoms with Crippen LogP contribution in [-0.4, -0.2) is 40.9 Å². The third-order valence-electron chi connectivity index (χ3n) is 4.50. The molecule has 4 nitrogen and oxygen atoms in total. The van der Waals surface area contributed by atoms with E-state index >= 15 is 0 Å². The van der Waals surface area contributed by atoms with Crippen LogP contribution in [-0.2, 0) is 13.6 Å². The van der Waals surface area contributed by atoms with E-state index in [2.05, 4.69) is 36.1 Å². The first-order valence-electron chi connectivity index (χ1n) is 8.04. The number of aromatic nitrogens is 2. The Balaban J connectivity index is 2.00. The lowest BCUT2D eigenvalue weighted by Crippen LogP contribution is -2.38. The van der Waals surface area contributed by atoms with Gasteiger partial charge < -0.3 is 5.32 Å². The monoisotopic (exact) mass is 278 g/mol. The third-order valence-corrected chi connectivity index (χ3v) is 4.50. The second-order valence-corrected chi connectivity index (χ2v) is 6.22. The summed E-state index contributed by atoms with van der Waals surface area (Å²) in [6, 6.07) is 0. The predicted octanol–water partition coefficient (Wildman–Crippen LogP) is 2.25. The van der Waals surface area contributed by atoms with E-state index in [1.165, 1.54) is 62.4 Å². The fourth-order valence-corrected chi connectivity index (χ4v) is 3.27. The van der Waals surface area contributed by atoms with Crippen LogP contribution in [0.4, 0.5) is 0 Å². The van der Waals surface area contributed by atoms with Crippen LogP contribution in [0.25, 0.3) is 0 Å². The average molecular weight is 278 g/mol. The van der Waals surface area contributed by atoms with Crippen LogP contribution >= 0.6 is 0 Å². The fraction of sp³-hybridized carbons (Fsp3) is 0.812. The number of rotatable bonds is 6. The van der Waals surface area contributed by atoms with Gasteiger partial charge in [-0.3, -0.25) is 9.58 Å². The van der Waals surface area contributed by atoms with E-state index in [-0.39, 0.29) is 0 Å². The van der Waals surface area contributed by atoms with Gasteiger partial charge in [0.15, 0.2) is 0 Å². The summed E-state index contributed by atoms with van der Waals surface area (Å²) >= 11 is 0. The van der Waals surface area contributed by atoms with Gasteiger partial charge in [-0.05, 0) is 58.7 Å². The Kier molecular flexibility index (Phi) is 5.61. The zero-order chi connectivity index (χ0) is 14.5. The Morgan fingerprint density at radius 2 is 2.20 bits per heavy atom. The van der Waals surface area contributed by atoms with Crippen LogP contribution in [0.5, 0.6) is 0 Å². The number of piperidine rings is 1. The van der Waals surface area contributed by atoms with Gasteiger partial charge in [0.2, 0.25) is 0 Å². The van der Waals surface area contributed by atoms with Crippen molar-refractivity contribution in [2.24, 2.45) is 13.0 Å². The highest BCUT2D eigenvalue weighted by Crippen LogP contribution is 2.18. The van der Waals surface area contributed by atoms with Gasteiger partial charge in [0, 0.05) is 31.4 Å². The summed E-state index contributed by atoms with van der Waals surface area (Å²) in [4.78, 5) is 2.62. The second kappa shape index (κ2) is 7.23. The molecule has 1 aromatic rings. The van der Waals surface area contributed by atoms with Gasteiger partial charge >= 0.3 is 0 Å². The van der Waals surface area contributed by atoms with Crippen molar-refractivity contribution in [3.05, 3.63) is 17.0 Å². The number of nitrogens with zero attached hydrogens (tertiary/aromatic N) is 3.